The van der Waals surface area contributed by atoms with Gasteiger partial charge in [0.15, 0.2) is 0 Å². The molecule has 2 rings (SSSR count). The number of nitrogens with two attached hydrogens (primary N) is 1. The zero-order chi connectivity index (χ0) is 15.4. The van der Waals surface area contributed by atoms with Crippen molar-refractivity contribution in [1.29, 1.82) is 5.26 Å². The second-order valence-corrected chi connectivity index (χ2v) is 5.18. The summed E-state index contributed by atoms with van der Waals surface area (Å²) >= 11 is 0. The fourth-order valence-corrected chi connectivity index (χ4v) is 2.37. The molecule has 0 heterocycles. The van der Waals surface area contributed by atoms with E-state index >= 15 is 0 Å². The molecule has 0 aromatic heterocycles. The van der Waals surface area contributed by atoms with Crippen molar-refractivity contribution in [3.05, 3.63) is 70.8 Å². The summed E-state index contributed by atoms with van der Waals surface area (Å²) in [6.07, 6.45) is 0.562. The average molecular weight is 323 g/mol. The molecule has 22 heavy (non-hydrogen) atoms. The Morgan fingerprint density at radius 2 is 1.73 bits per heavy atom. The lowest BCUT2D eigenvalue weighted by Crippen LogP contribution is -2.26. The minimum absolute atomic E-state index is 0. The van der Waals surface area contributed by atoms with Gasteiger partial charge in [0.25, 0.3) is 0 Å². The first kappa shape index (κ1) is 18.1. The van der Waals surface area contributed by atoms with Crippen molar-refractivity contribution in [2.24, 2.45) is 5.73 Å². The maximum Gasteiger partial charge on any atom is 0.124 e. The summed E-state index contributed by atoms with van der Waals surface area (Å²) in [7, 11) is 0. The fourth-order valence-electron chi connectivity index (χ4n) is 2.37. The number of hydrogen-bond donors (Lipinski definition) is 1. The number of nitrogens with zero attached hydrogens (tertiary/aromatic N) is 1. The molecule has 2 atom stereocenters. The fraction of sp³-hybridized carbons (Fsp3) is 0.235. The zero-order valence-electron chi connectivity index (χ0n) is 12.1. The highest BCUT2D eigenvalue weighted by Crippen LogP contribution is 2.25. The SMILES string of the molecule is CC(N)C(Cc1ccc(F)cc1)c1cc(F)cc(C#N)c1.Cl. The van der Waals surface area contributed by atoms with Gasteiger partial charge >= 0.3 is 0 Å². The van der Waals surface area contributed by atoms with E-state index in [1.165, 1.54) is 24.3 Å². The molecule has 0 radical (unpaired) electrons. The van der Waals surface area contributed by atoms with Gasteiger partial charge in [-0.3, -0.25) is 0 Å². The van der Waals surface area contributed by atoms with Gasteiger partial charge in [-0.25, -0.2) is 8.78 Å². The highest BCUT2D eigenvalue weighted by atomic mass is 35.5. The normalized spacial score (nSPS) is 12.9. The highest BCUT2D eigenvalue weighted by Gasteiger charge is 2.18. The zero-order valence-corrected chi connectivity index (χ0v) is 12.9. The molecular weight excluding hydrogens is 306 g/mol. The molecule has 0 amide bonds. The van der Waals surface area contributed by atoms with E-state index in [-0.39, 0.29) is 35.7 Å². The maximum atomic E-state index is 13.6. The van der Waals surface area contributed by atoms with Gasteiger partial charge in [0.2, 0.25) is 0 Å². The van der Waals surface area contributed by atoms with E-state index in [9.17, 15) is 8.78 Å². The van der Waals surface area contributed by atoms with Crippen LogP contribution in [-0.4, -0.2) is 6.04 Å². The smallest absolute Gasteiger partial charge is 0.124 e. The molecule has 0 bridgehead atoms. The van der Waals surface area contributed by atoms with Crippen LogP contribution in [0.2, 0.25) is 0 Å². The Hall–Kier alpha value is -1.96. The number of hydrogen-bond acceptors (Lipinski definition) is 2. The van der Waals surface area contributed by atoms with Crippen molar-refractivity contribution in [2.45, 2.75) is 25.3 Å². The number of nitriles is 1. The lowest BCUT2D eigenvalue weighted by molar-refractivity contribution is 0.555. The second kappa shape index (κ2) is 7.88. The van der Waals surface area contributed by atoms with Crippen LogP contribution in [0.1, 0.15) is 29.5 Å². The summed E-state index contributed by atoms with van der Waals surface area (Å²) in [6, 6.07) is 12.1. The lowest BCUT2D eigenvalue weighted by atomic mass is 9.86. The van der Waals surface area contributed by atoms with Gasteiger partial charge in [0.05, 0.1) is 11.6 Å². The molecule has 2 aromatic carbocycles. The van der Waals surface area contributed by atoms with Gasteiger partial charge in [0, 0.05) is 12.0 Å². The monoisotopic (exact) mass is 322 g/mol. The van der Waals surface area contributed by atoms with E-state index in [0.717, 1.165) is 5.56 Å². The van der Waals surface area contributed by atoms with Gasteiger partial charge in [0.1, 0.15) is 11.6 Å². The van der Waals surface area contributed by atoms with Gasteiger partial charge in [-0.15, -0.1) is 12.4 Å². The summed E-state index contributed by atoms with van der Waals surface area (Å²) in [5.41, 5.74) is 7.89. The third-order valence-corrected chi connectivity index (χ3v) is 3.48. The first-order valence-corrected chi connectivity index (χ1v) is 6.70. The van der Waals surface area contributed by atoms with E-state index in [1.807, 2.05) is 13.0 Å². The predicted molar refractivity (Wildman–Crippen MR) is 84.9 cm³/mol. The van der Waals surface area contributed by atoms with Gasteiger partial charge in [-0.1, -0.05) is 12.1 Å². The topological polar surface area (TPSA) is 49.8 Å². The molecule has 116 valence electrons. The van der Waals surface area contributed by atoms with Crippen LogP contribution >= 0.6 is 12.4 Å². The third-order valence-electron chi connectivity index (χ3n) is 3.48. The minimum atomic E-state index is -0.450. The van der Waals surface area contributed by atoms with Gasteiger partial charge < -0.3 is 5.73 Å². The van der Waals surface area contributed by atoms with Crippen LogP contribution in [-0.2, 0) is 6.42 Å². The van der Waals surface area contributed by atoms with Crippen molar-refractivity contribution < 1.29 is 8.78 Å². The molecule has 0 aliphatic carbocycles. The van der Waals surface area contributed by atoms with Crippen molar-refractivity contribution in [3.63, 3.8) is 0 Å². The van der Waals surface area contributed by atoms with E-state index in [1.54, 1.807) is 18.2 Å². The average Bonchev–Trinajstić information content (AvgIpc) is 2.45. The summed E-state index contributed by atoms with van der Waals surface area (Å²) < 4.78 is 26.5. The van der Waals surface area contributed by atoms with Crippen LogP contribution in [0.25, 0.3) is 0 Å². The molecule has 2 aromatic rings. The Morgan fingerprint density at radius 3 is 2.27 bits per heavy atom. The highest BCUT2D eigenvalue weighted by molar-refractivity contribution is 5.85. The van der Waals surface area contributed by atoms with Crippen molar-refractivity contribution in [1.82, 2.24) is 0 Å². The molecule has 0 saturated heterocycles. The lowest BCUT2D eigenvalue weighted by Gasteiger charge is -2.22. The van der Waals surface area contributed by atoms with E-state index < -0.39 is 5.82 Å². The summed E-state index contributed by atoms with van der Waals surface area (Å²) in [5.74, 6) is -0.888. The van der Waals surface area contributed by atoms with Crippen LogP contribution in [0, 0.1) is 23.0 Å². The molecular formula is C17H17ClF2N2. The quantitative estimate of drug-likeness (QED) is 0.927. The molecule has 2 nitrogen and oxygen atoms in total. The van der Waals surface area contributed by atoms with Crippen LogP contribution in [0.5, 0.6) is 0 Å². The van der Waals surface area contributed by atoms with Gasteiger partial charge in [-0.2, -0.15) is 5.26 Å². The van der Waals surface area contributed by atoms with Crippen LogP contribution < -0.4 is 5.73 Å². The first-order valence-electron chi connectivity index (χ1n) is 6.70. The second-order valence-electron chi connectivity index (χ2n) is 5.18. The van der Waals surface area contributed by atoms with E-state index in [0.29, 0.717) is 12.0 Å². The van der Waals surface area contributed by atoms with Crippen LogP contribution in [0.15, 0.2) is 42.5 Å². The number of halogens is 3. The van der Waals surface area contributed by atoms with Gasteiger partial charge in [-0.05, 0) is 54.8 Å². The Bertz CT molecular complexity index is 663. The third kappa shape index (κ3) is 4.52. The standard InChI is InChI=1S/C17H16F2N2.ClH/c1-11(21)17(8-12-2-4-15(18)5-3-12)14-6-13(10-20)7-16(19)9-14;/h2-7,9,11,17H,8,21H2,1H3;1H. The molecule has 2 unspecified atom stereocenters. The number of benzene rings is 2. The molecule has 0 saturated carbocycles. The Balaban J connectivity index is 0.00000242. The summed E-state index contributed by atoms with van der Waals surface area (Å²) in [4.78, 5) is 0. The maximum absolute atomic E-state index is 13.6. The number of rotatable bonds is 4. The molecule has 2 N–H and O–H groups in total. The Morgan fingerprint density at radius 1 is 1.09 bits per heavy atom. The summed E-state index contributed by atoms with van der Waals surface area (Å²) in [6.45, 7) is 1.84. The Kier molecular flexibility index (Phi) is 6.48. The molecule has 0 spiro atoms. The first-order chi connectivity index (χ1) is 9.99. The van der Waals surface area contributed by atoms with Crippen LogP contribution in [0.4, 0.5) is 8.78 Å². The molecule has 0 aliphatic rings. The van der Waals surface area contributed by atoms with E-state index in [2.05, 4.69) is 0 Å². The molecule has 0 fully saturated rings. The molecule has 5 heteroatoms. The van der Waals surface area contributed by atoms with Crippen molar-refractivity contribution in [3.8, 4) is 6.07 Å². The van der Waals surface area contributed by atoms with Crippen LogP contribution in [0.3, 0.4) is 0 Å². The molecule has 0 aliphatic heterocycles. The van der Waals surface area contributed by atoms with Crippen molar-refractivity contribution in [2.75, 3.05) is 0 Å². The largest absolute Gasteiger partial charge is 0.327 e. The Labute approximate surface area is 135 Å². The summed E-state index contributed by atoms with van der Waals surface area (Å²) in [5, 5.41) is 8.94. The van der Waals surface area contributed by atoms with Crippen molar-refractivity contribution >= 4 is 12.4 Å². The minimum Gasteiger partial charge on any atom is -0.327 e. The predicted octanol–water partition coefficient (Wildman–Crippen LogP) is 3.93. The van der Waals surface area contributed by atoms with E-state index in [4.69, 9.17) is 11.0 Å².